The fourth-order valence-corrected chi connectivity index (χ4v) is 2.61. The molecule has 0 aromatic heterocycles. The predicted octanol–water partition coefficient (Wildman–Crippen LogP) is 2.02. The Balaban J connectivity index is 0.00000220. The molecule has 0 radical (unpaired) electrons. The zero-order chi connectivity index (χ0) is 14.7. The Hall–Kier alpha value is -1.46. The molecule has 1 heterocycles. The third kappa shape index (κ3) is 4.02. The van der Waals surface area contributed by atoms with Crippen molar-refractivity contribution < 1.29 is 14.6 Å². The lowest BCUT2D eigenvalue weighted by molar-refractivity contribution is 0.0677. The van der Waals surface area contributed by atoms with Crippen molar-refractivity contribution in [2.75, 3.05) is 20.2 Å². The Bertz CT molecular complexity index is 486. The number of nitrogens with zero attached hydrogens (tertiary/aromatic N) is 1. The van der Waals surface area contributed by atoms with E-state index in [4.69, 9.17) is 10.5 Å². The van der Waals surface area contributed by atoms with E-state index in [2.05, 4.69) is 0 Å². The molecule has 21 heavy (non-hydrogen) atoms. The van der Waals surface area contributed by atoms with Gasteiger partial charge in [-0.3, -0.25) is 4.79 Å². The number of aromatic hydroxyl groups is 1. The second-order valence-corrected chi connectivity index (χ2v) is 5.37. The van der Waals surface area contributed by atoms with Gasteiger partial charge in [-0.1, -0.05) is 0 Å². The molecule has 0 saturated carbocycles. The van der Waals surface area contributed by atoms with Gasteiger partial charge in [0.25, 0.3) is 5.91 Å². The van der Waals surface area contributed by atoms with Crippen molar-refractivity contribution in [2.24, 2.45) is 11.7 Å². The lowest BCUT2D eigenvalue weighted by Crippen LogP contribution is -2.42. The summed E-state index contributed by atoms with van der Waals surface area (Å²) in [5.41, 5.74) is 6.20. The minimum atomic E-state index is -0.149. The monoisotopic (exact) mass is 314 g/mol. The Morgan fingerprint density at radius 3 is 2.57 bits per heavy atom. The van der Waals surface area contributed by atoms with E-state index >= 15 is 0 Å². The van der Waals surface area contributed by atoms with Gasteiger partial charge in [-0.25, -0.2) is 0 Å². The van der Waals surface area contributed by atoms with E-state index in [9.17, 15) is 9.90 Å². The topological polar surface area (TPSA) is 75.8 Å². The predicted molar refractivity (Wildman–Crippen MR) is 84.2 cm³/mol. The number of hydrogen-bond acceptors (Lipinski definition) is 4. The molecule has 118 valence electrons. The van der Waals surface area contributed by atoms with Gasteiger partial charge in [-0.05, 0) is 43.9 Å². The van der Waals surface area contributed by atoms with Crippen LogP contribution >= 0.6 is 12.4 Å². The van der Waals surface area contributed by atoms with Crippen LogP contribution < -0.4 is 10.5 Å². The summed E-state index contributed by atoms with van der Waals surface area (Å²) >= 11 is 0. The largest absolute Gasteiger partial charge is 0.507 e. The number of carbonyl (C=O) groups is 1. The van der Waals surface area contributed by atoms with Crippen molar-refractivity contribution in [1.29, 1.82) is 0 Å². The summed E-state index contributed by atoms with van der Waals surface area (Å²) in [5.74, 6) is 0.879. The fraction of sp³-hybridized carbons (Fsp3) is 0.533. The SMILES string of the molecule is COc1ccc(O)c(C(=O)N2CCC(C(C)N)CC2)c1.Cl. The number of phenolic OH excluding ortho intramolecular Hbond substituents is 1. The number of likely N-dealkylation sites (tertiary alicyclic amines) is 1. The molecule has 0 bridgehead atoms. The number of carbonyl (C=O) groups excluding carboxylic acids is 1. The lowest BCUT2D eigenvalue weighted by atomic mass is 9.90. The summed E-state index contributed by atoms with van der Waals surface area (Å²) in [7, 11) is 1.54. The zero-order valence-electron chi connectivity index (χ0n) is 12.4. The van der Waals surface area contributed by atoms with Gasteiger partial charge in [0.05, 0.1) is 12.7 Å². The van der Waals surface area contributed by atoms with Crippen LogP contribution in [0, 0.1) is 5.92 Å². The van der Waals surface area contributed by atoms with Crippen LogP contribution in [0.5, 0.6) is 11.5 Å². The first-order chi connectivity index (χ1) is 9.52. The number of rotatable bonds is 3. The lowest BCUT2D eigenvalue weighted by Gasteiger charge is -2.33. The van der Waals surface area contributed by atoms with Crippen molar-refractivity contribution in [3.8, 4) is 11.5 Å². The summed E-state index contributed by atoms with van der Waals surface area (Å²) in [4.78, 5) is 14.2. The van der Waals surface area contributed by atoms with E-state index in [0.29, 0.717) is 30.3 Å². The second-order valence-electron chi connectivity index (χ2n) is 5.37. The first kappa shape index (κ1) is 17.6. The summed E-state index contributed by atoms with van der Waals surface area (Å²) in [6.45, 7) is 3.37. The molecule has 5 nitrogen and oxygen atoms in total. The van der Waals surface area contributed by atoms with Gasteiger partial charge < -0.3 is 20.5 Å². The molecule has 1 atom stereocenters. The third-order valence-electron chi connectivity index (χ3n) is 4.00. The molecule has 1 amide bonds. The van der Waals surface area contributed by atoms with Crippen molar-refractivity contribution >= 4 is 18.3 Å². The Morgan fingerprint density at radius 1 is 1.43 bits per heavy atom. The molecule has 1 fully saturated rings. The Labute approximate surface area is 131 Å². The average molecular weight is 315 g/mol. The van der Waals surface area contributed by atoms with Crippen molar-refractivity contribution in [2.45, 2.75) is 25.8 Å². The van der Waals surface area contributed by atoms with Gasteiger partial charge >= 0.3 is 0 Å². The maximum absolute atomic E-state index is 12.4. The van der Waals surface area contributed by atoms with Gasteiger partial charge in [-0.2, -0.15) is 0 Å². The maximum Gasteiger partial charge on any atom is 0.257 e. The van der Waals surface area contributed by atoms with Crippen molar-refractivity contribution in [3.63, 3.8) is 0 Å². The van der Waals surface area contributed by atoms with Crippen LogP contribution in [-0.4, -0.2) is 42.2 Å². The molecule has 0 aliphatic carbocycles. The Kier molecular flexibility index (Phi) is 6.30. The summed E-state index contributed by atoms with van der Waals surface area (Å²) in [6.07, 6.45) is 1.82. The standard InChI is InChI=1S/C15H22N2O3.ClH/c1-10(16)11-5-7-17(8-6-11)15(19)13-9-12(20-2)3-4-14(13)18;/h3-4,9-11,18H,5-8,16H2,1-2H3;1H. The van der Waals surface area contributed by atoms with E-state index in [0.717, 1.165) is 12.8 Å². The second kappa shape index (κ2) is 7.52. The molecule has 1 aliphatic heterocycles. The third-order valence-corrected chi connectivity index (χ3v) is 4.00. The number of ether oxygens (including phenoxy) is 1. The van der Waals surface area contributed by atoms with Gasteiger partial charge in [-0.15, -0.1) is 12.4 Å². The number of benzene rings is 1. The van der Waals surface area contributed by atoms with Crippen molar-refractivity contribution in [1.82, 2.24) is 4.90 Å². The van der Waals surface area contributed by atoms with E-state index < -0.39 is 0 Å². The first-order valence-electron chi connectivity index (χ1n) is 6.94. The molecular weight excluding hydrogens is 292 g/mol. The number of halogens is 1. The number of methoxy groups -OCH3 is 1. The minimum absolute atomic E-state index is 0. The van der Waals surface area contributed by atoms with E-state index in [1.807, 2.05) is 6.92 Å². The van der Waals surface area contributed by atoms with E-state index in [-0.39, 0.29) is 30.1 Å². The van der Waals surface area contributed by atoms with Crippen LogP contribution in [0.1, 0.15) is 30.1 Å². The number of nitrogens with two attached hydrogens (primary N) is 1. The van der Waals surface area contributed by atoms with Crippen LogP contribution in [-0.2, 0) is 0 Å². The zero-order valence-corrected chi connectivity index (χ0v) is 13.2. The van der Waals surface area contributed by atoms with E-state index in [1.165, 1.54) is 13.2 Å². The highest BCUT2D eigenvalue weighted by Gasteiger charge is 2.26. The summed E-state index contributed by atoms with van der Waals surface area (Å²) in [6, 6.07) is 4.86. The van der Waals surface area contributed by atoms with Gasteiger partial charge in [0.2, 0.25) is 0 Å². The maximum atomic E-state index is 12.4. The fourth-order valence-electron chi connectivity index (χ4n) is 2.61. The van der Waals surface area contributed by atoms with Crippen LogP contribution in [0.3, 0.4) is 0 Å². The molecular formula is C15H23ClN2O3. The van der Waals surface area contributed by atoms with Crippen molar-refractivity contribution in [3.05, 3.63) is 23.8 Å². The van der Waals surface area contributed by atoms with Crippen LogP contribution in [0.25, 0.3) is 0 Å². The van der Waals surface area contributed by atoms with Gasteiger partial charge in [0, 0.05) is 19.1 Å². The van der Waals surface area contributed by atoms with Crippen LogP contribution in [0.15, 0.2) is 18.2 Å². The number of hydrogen-bond donors (Lipinski definition) is 2. The number of piperidine rings is 1. The smallest absolute Gasteiger partial charge is 0.257 e. The summed E-state index contributed by atoms with van der Waals surface area (Å²) < 4.78 is 5.10. The van der Waals surface area contributed by atoms with Gasteiger partial charge in [0.1, 0.15) is 11.5 Å². The molecule has 1 aromatic carbocycles. The highest BCUT2D eigenvalue weighted by atomic mass is 35.5. The first-order valence-corrected chi connectivity index (χ1v) is 6.94. The molecule has 2 rings (SSSR count). The number of amides is 1. The molecule has 3 N–H and O–H groups in total. The molecule has 1 unspecified atom stereocenters. The molecule has 1 saturated heterocycles. The summed E-state index contributed by atoms with van der Waals surface area (Å²) in [5, 5.41) is 9.85. The molecule has 6 heteroatoms. The molecule has 0 spiro atoms. The highest BCUT2D eigenvalue weighted by molar-refractivity contribution is 5.97. The quantitative estimate of drug-likeness (QED) is 0.895. The normalized spacial score (nSPS) is 17.0. The molecule has 1 aromatic rings. The number of phenols is 1. The van der Waals surface area contributed by atoms with Crippen LogP contribution in [0.2, 0.25) is 0 Å². The molecule has 1 aliphatic rings. The van der Waals surface area contributed by atoms with E-state index in [1.54, 1.807) is 17.0 Å². The minimum Gasteiger partial charge on any atom is -0.507 e. The Morgan fingerprint density at radius 2 is 2.05 bits per heavy atom. The highest BCUT2D eigenvalue weighted by Crippen LogP contribution is 2.27. The van der Waals surface area contributed by atoms with Gasteiger partial charge in [0.15, 0.2) is 0 Å². The average Bonchev–Trinajstić information content (AvgIpc) is 2.47. The van der Waals surface area contributed by atoms with Crippen LogP contribution in [0.4, 0.5) is 0 Å².